The van der Waals surface area contributed by atoms with Crippen LogP contribution in [0.25, 0.3) is 0 Å². The van der Waals surface area contributed by atoms with Gasteiger partial charge < -0.3 is 34.4 Å². The van der Waals surface area contributed by atoms with Gasteiger partial charge in [-0.05, 0) is 77.0 Å². The van der Waals surface area contributed by atoms with Crippen molar-refractivity contribution in [1.29, 1.82) is 0 Å². The second kappa shape index (κ2) is 103. The monoisotopic (exact) mass is 1070 g/mol. The first-order chi connectivity index (χ1) is 31.7. The molecule has 15 nitrogen and oxygen atoms in total. The van der Waals surface area contributed by atoms with Gasteiger partial charge in [0.05, 0.1) is 39.3 Å². The molecule has 18 N–H and O–H groups in total. The minimum absolute atomic E-state index is 1.12. The van der Waals surface area contributed by atoms with E-state index in [9.17, 15) is 0 Å². The second-order valence-corrected chi connectivity index (χ2v) is 18.8. The van der Waals surface area contributed by atoms with Crippen molar-refractivity contribution in [2.45, 2.75) is 273 Å². The molecular formula is C48H120N6O9Ti3. The Labute approximate surface area is 431 Å². The van der Waals surface area contributed by atoms with Crippen molar-refractivity contribution >= 4 is 0 Å². The van der Waals surface area contributed by atoms with Gasteiger partial charge in [0.2, 0.25) is 0 Å². The molecule has 0 saturated heterocycles. The van der Waals surface area contributed by atoms with Gasteiger partial charge >= 0.3 is 88.0 Å². The Bertz CT molecular complexity index is 594. The molecule has 0 aliphatic heterocycles. The summed E-state index contributed by atoms with van der Waals surface area (Å²) in [7, 11) is 0. The van der Waals surface area contributed by atoms with E-state index in [1.807, 2.05) is 0 Å². The van der Waals surface area contributed by atoms with E-state index in [4.69, 9.17) is 32.1 Å². The van der Waals surface area contributed by atoms with E-state index in [-0.39, 0.29) is 0 Å². The third-order valence-electron chi connectivity index (χ3n) is 9.62. The second-order valence-electron chi connectivity index (χ2n) is 16.5. The molecule has 0 atom stereocenters. The van der Waals surface area contributed by atoms with Gasteiger partial charge in [-0.15, -0.1) is 0 Å². The van der Waals surface area contributed by atoms with E-state index >= 15 is 0 Å². The fourth-order valence-electron chi connectivity index (χ4n) is 5.74. The summed E-state index contributed by atoms with van der Waals surface area (Å²) in [5.41, 5.74) is 22.8. The van der Waals surface area contributed by atoms with Crippen LogP contribution in [0.4, 0.5) is 0 Å². The van der Waals surface area contributed by atoms with Gasteiger partial charge in [0.15, 0.2) is 0 Å². The Hall–Kier alpha value is 1.06. The standard InChI is InChI=1S/6C8H19N.9O.3Ti/c6*1-2-3-4-5-6-7-8-9;;;;;;;;;;;;/h6*2-9H2,1H3;;;;;;;;;;;;/q;;;;;;;;;6*-1;;;/p+6. The van der Waals surface area contributed by atoms with Gasteiger partial charge in [0.25, 0.3) is 0 Å². The Kier molecular flexibility index (Phi) is 136. The third-order valence-corrected chi connectivity index (χ3v) is 9.62. The summed E-state index contributed by atoms with van der Waals surface area (Å²) >= 11 is -12.2. The van der Waals surface area contributed by atoms with Crippen molar-refractivity contribution in [3.05, 3.63) is 0 Å². The van der Waals surface area contributed by atoms with Crippen molar-refractivity contribution in [3.63, 3.8) is 0 Å². The van der Waals surface area contributed by atoms with Crippen LogP contribution >= 0.6 is 0 Å². The zero-order valence-electron chi connectivity index (χ0n) is 45.1. The van der Waals surface area contributed by atoms with E-state index in [1.165, 1.54) is 231 Å². The van der Waals surface area contributed by atoms with Crippen LogP contribution in [0.3, 0.4) is 0 Å². The van der Waals surface area contributed by atoms with Crippen molar-refractivity contribution in [2.24, 2.45) is 0 Å². The van der Waals surface area contributed by atoms with Crippen molar-refractivity contribution < 1.29 is 122 Å². The molecule has 18 heteroatoms. The first-order valence-electron chi connectivity index (χ1n) is 27.1. The van der Waals surface area contributed by atoms with Crippen molar-refractivity contribution in [2.75, 3.05) is 39.3 Å². The van der Waals surface area contributed by atoms with Crippen LogP contribution in [0.1, 0.15) is 273 Å². The molecule has 0 spiro atoms. The molecule has 0 aromatic heterocycles. The predicted molar refractivity (Wildman–Crippen MR) is 249 cm³/mol. The molecule has 408 valence electrons. The maximum atomic E-state index is 8.58. The molecule has 0 unspecified atom stereocenters. The average molecular weight is 1070 g/mol. The van der Waals surface area contributed by atoms with E-state index < -0.39 is 55.8 Å². The molecule has 0 aliphatic rings. The quantitative estimate of drug-likeness (QED) is 0.0394. The zero-order chi connectivity index (χ0) is 52.4. The molecule has 0 amide bonds. The summed E-state index contributed by atoms with van der Waals surface area (Å²) in [5, 5.41) is 0. The number of rotatable bonds is 36. The summed E-state index contributed by atoms with van der Waals surface area (Å²) in [5.74, 6) is 0. The third kappa shape index (κ3) is 194. The first-order valence-corrected chi connectivity index (χ1v) is 32.8. The maximum absolute atomic E-state index is 8.58. The van der Waals surface area contributed by atoms with Crippen LogP contribution in [-0.2, 0) is 65.8 Å². The SMILES string of the molecule is CCCCCCCC[NH3+].CCCCCCCC[NH3+].CCCCCCCC[NH3+].CCCCCCCC[NH3+].CCCCCCCC[NH3+].CCCCCCCC[NH3+].[O]=[Ti]([O-])[O-].[O]=[Ti]([O-])[O-].[O]=[Ti]([O-])[O-]. The van der Waals surface area contributed by atoms with Gasteiger partial charge in [-0.25, -0.2) is 0 Å². The minimum atomic E-state index is -4.08. The van der Waals surface area contributed by atoms with Crippen LogP contribution in [0.5, 0.6) is 0 Å². The molecule has 0 rings (SSSR count). The summed E-state index contributed by atoms with van der Waals surface area (Å²) < 4.78 is 77.2. The predicted octanol–water partition coefficient (Wildman–Crippen LogP) is 2.03. The first kappa shape index (κ1) is 86.8. The molecule has 0 fully saturated rings. The summed E-state index contributed by atoms with van der Waals surface area (Å²) in [6.07, 6.45) is 50.0. The molecule has 0 saturated carbocycles. The van der Waals surface area contributed by atoms with Crippen LogP contribution in [0.2, 0.25) is 0 Å². The fraction of sp³-hybridized carbons (Fsp3) is 1.00. The van der Waals surface area contributed by atoms with Gasteiger partial charge in [0.1, 0.15) is 0 Å². The Balaban J connectivity index is -0.0000000804. The molecule has 0 bridgehead atoms. The van der Waals surface area contributed by atoms with Crippen LogP contribution < -0.4 is 56.5 Å². The molecule has 0 aliphatic carbocycles. The van der Waals surface area contributed by atoms with E-state index in [0.29, 0.717) is 0 Å². The van der Waals surface area contributed by atoms with Gasteiger partial charge in [-0.1, -0.05) is 196 Å². The Morgan fingerprint density at radius 3 is 0.364 bits per heavy atom. The molecule has 0 radical (unpaired) electrons. The molecule has 0 aromatic carbocycles. The van der Waals surface area contributed by atoms with Crippen molar-refractivity contribution in [1.82, 2.24) is 0 Å². The summed E-state index contributed by atoms with van der Waals surface area (Å²) in [6, 6.07) is 0. The average Bonchev–Trinajstić information content (AvgIpc) is 3.27. The van der Waals surface area contributed by atoms with Gasteiger partial charge in [0, 0.05) is 0 Å². The van der Waals surface area contributed by atoms with Gasteiger partial charge in [-0.3, -0.25) is 0 Å². The van der Waals surface area contributed by atoms with Gasteiger partial charge in [-0.2, -0.15) is 0 Å². The zero-order valence-corrected chi connectivity index (χ0v) is 49.8. The van der Waals surface area contributed by atoms with Crippen molar-refractivity contribution in [3.8, 4) is 0 Å². The van der Waals surface area contributed by atoms with Crippen LogP contribution in [0.15, 0.2) is 0 Å². The van der Waals surface area contributed by atoms with Crippen LogP contribution in [-0.4, -0.2) is 39.3 Å². The number of hydrogen-bond donors (Lipinski definition) is 6. The number of quaternary nitrogens is 6. The van der Waals surface area contributed by atoms with Crippen LogP contribution in [0, 0.1) is 0 Å². The van der Waals surface area contributed by atoms with E-state index in [2.05, 4.69) is 75.9 Å². The van der Waals surface area contributed by atoms with E-state index in [0.717, 1.165) is 39.3 Å². The molecule has 0 heterocycles. The molecule has 66 heavy (non-hydrogen) atoms. The Morgan fingerprint density at radius 1 is 0.212 bits per heavy atom. The topological polar surface area (TPSA) is 355 Å². The molecular weight excluding hydrogens is 948 g/mol. The normalized spacial score (nSPS) is 9.36. The molecule has 0 aromatic rings. The summed E-state index contributed by atoms with van der Waals surface area (Å²) in [6.45, 7) is 20.2. The van der Waals surface area contributed by atoms with E-state index in [1.54, 1.807) is 0 Å². The number of unbranched alkanes of at least 4 members (excludes halogenated alkanes) is 30. The number of hydrogen-bond acceptors (Lipinski definition) is 9. The fourth-order valence-corrected chi connectivity index (χ4v) is 5.74. The summed E-state index contributed by atoms with van der Waals surface area (Å²) in [4.78, 5) is 0. The Morgan fingerprint density at radius 2 is 0.288 bits per heavy atom.